The Balaban J connectivity index is 2.27. The second kappa shape index (κ2) is 5.50. The summed E-state index contributed by atoms with van der Waals surface area (Å²) in [7, 11) is 1.82. The lowest BCUT2D eigenvalue weighted by Crippen LogP contribution is -1.97. The zero-order valence-corrected chi connectivity index (χ0v) is 13.6. The molecule has 2 N–H and O–H groups in total. The number of nitrogens with two attached hydrogens (primary N) is 1. The first-order valence-corrected chi connectivity index (χ1v) is 7.43. The van der Waals surface area contributed by atoms with E-state index in [2.05, 4.69) is 26.0 Å². The molecule has 2 heterocycles. The van der Waals surface area contributed by atoms with Crippen molar-refractivity contribution in [3.05, 3.63) is 52.2 Å². The molecule has 0 spiro atoms. The number of pyridine rings is 1. The molecule has 0 fully saturated rings. The number of anilines is 1. The fourth-order valence-corrected chi connectivity index (χ4v) is 2.97. The third-order valence-electron chi connectivity index (χ3n) is 3.25. The molecule has 2 aromatic heterocycles. The maximum Gasteiger partial charge on any atom is 0.129 e. The van der Waals surface area contributed by atoms with E-state index in [1.54, 1.807) is 17.1 Å². The highest BCUT2D eigenvalue weighted by Gasteiger charge is 2.19. The topological polar surface area (TPSA) is 56.7 Å². The zero-order chi connectivity index (χ0) is 15.0. The summed E-state index contributed by atoms with van der Waals surface area (Å²) in [6.07, 6.45) is 3.46. The average Bonchev–Trinajstić information content (AvgIpc) is 2.75. The first-order valence-electron chi connectivity index (χ1n) is 6.26. The summed E-state index contributed by atoms with van der Waals surface area (Å²) in [5.74, 6) is 0.593. The van der Waals surface area contributed by atoms with Gasteiger partial charge in [0.25, 0.3) is 0 Å². The van der Waals surface area contributed by atoms with Crippen LogP contribution in [0.2, 0.25) is 5.02 Å². The Morgan fingerprint density at radius 2 is 1.90 bits per heavy atom. The van der Waals surface area contributed by atoms with Gasteiger partial charge >= 0.3 is 0 Å². The van der Waals surface area contributed by atoms with E-state index < -0.39 is 0 Å². The van der Waals surface area contributed by atoms with E-state index >= 15 is 0 Å². The zero-order valence-electron chi connectivity index (χ0n) is 11.2. The normalized spacial score (nSPS) is 10.8. The number of hydrogen-bond donors (Lipinski definition) is 1. The monoisotopic (exact) mass is 362 g/mol. The Morgan fingerprint density at radius 1 is 1.19 bits per heavy atom. The van der Waals surface area contributed by atoms with E-state index in [-0.39, 0.29) is 0 Å². The minimum Gasteiger partial charge on any atom is -0.383 e. The summed E-state index contributed by atoms with van der Waals surface area (Å²) >= 11 is 9.76. The molecule has 0 aliphatic rings. The maximum atomic E-state index is 6.35. The third-order valence-corrected chi connectivity index (χ3v) is 4.05. The van der Waals surface area contributed by atoms with Gasteiger partial charge < -0.3 is 5.73 Å². The molecule has 0 bridgehead atoms. The van der Waals surface area contributed by atoms with Crippen LogP contribution in [0.1, 0.15) is 0 Å². The van der Waals surface area contributed by atoms with Crippen molar-refractivity contribution in [2.75, 3.05) is 5.73 Å². The Hall–Kier alpha value is -1.85. The largest absolute Gasteiger partial charge is 0.383 e. The van der Waals surface area contributed by atoms with Gasteiger partial charge in [0.1, 0.15) is 11.5 Å². The molecule has 0 saturated carbocycles. The molecule has 4 nitrogen and oxygen atoms in total. The number of benzene rings is 1. The fourth-order valence-electron chi connectivity index (χ4n) is 2.21. The van der Waals surface area contributed by atoms with Crippen molar-refractivity contribution >= 4 is 33.3 Å². The number of halogens is 2. The van der Waals surface area contributed by atoms with Crippen LogP contribution in [0.25, 0.3) is 22.4 Å². The number of nitrogen functional groups attached to an aromatic ring is 1. The van der Waals surface area contributed by atoms with Gasteiger partial charge in [-0.3, -0.25) is 9.67 Å². The maximum absolute atomic E-state index is 6.35. The van der Waals surface area contributed by atoms with Crippen LogP contribution in [0.4, 0.5) is 5.82 Å². The van der Waals surface area contributed by atoms with Crippen LogP contribution in [-0.4, -0.2) is 14.8 Å². The minimum absolute atomic E-state index is 0.593. The summed E-state index contributed by atoms with van der Waals surface area (Å²) < 4.78 is 2.58. The number of hydrogen-bond acceptors (Lipinski definition) is 3. The van der Waals surface area contributed by atoms with Crippen molar-refractivity contribution in [3.8, 4) is 22.4 Å². The number of aryl methyl sites for hydroxylation is 1. The van der Waals surface area contributed by atoms with E-state index in [1.165, 1.54) is 0 Å². The molecular weight excluding hydrogens is 352 g/mol. The van der Waals surface area contributed by atoms with Gasteiger partial charge in [0.2, 0.25) is 0 Å². The lowest BCUT2D eigenvalue weighted by atomic mass is 10.0. The Kier molecular flexibility index (Phi) is 3.69. The SMILES string of the molecule is Cn1nc(-c2ccc(Br)cc2Cl)c(-c2ccncc2)c1N. The summed E-state index contributed by atoms with van der Waals surface area (Å²) in [6, 6.07) is 9.52. The molecule has 3 aromatic rings. The molecule has 3 rings (SSSR count). The van der Waals surface area contributed by atoms with Crippen LogP contribution in [0, 0.1) is 0 Å². The second-order valence-corrected chi connectivity index (χ2v) is 5.92. The van der Waals surface area contributed by atoms with Gasteiger partial charge in [0.05, 0.1) is 10.6 Å². The fraction of sp³-hybridized carbons (Fsp3) is 0.0667. The summed E-state index contributed by atoms with van der Waals surface area (Å²) in [4.78, 5) is 4.04. The van der Waals surface area contributed by atoms with Crippen LogP contribution < -0.4 is 5.73 Å². The van der Waals surface area contributed by atoms with Gasteiger partial charge in [0, 0.05) is 29.5 Å². The highest BCUT2D eigenvalue weighted by atomic mass is 79.9. The molecule has 0 atom stereocenters. The van der Waals surface area contributed by atoms with Crippen LogP contribution in [0.5, 0.6) is 0 Å². The molecule has 0 aliphatic heterocycles. The molecule has 6 heteroatoms. The van der Waals surface area contributed by atoms with Gasteiger partial charge in [-0.1, -0.05) is 33.6 Å². The standard InChI is InChI=1S/C15H12BrClN4/c1-21-15(18)13(9-4-6-19-7-5-9)14(20-21)11-3-2-10(16)8-12(11)17/h2-8H,18H2,1H3. The third kappa shape index (κ3) is 2.54. The first-order chi connectivity index (χ1) is 10.1. The molecule has 0 unspecified atom stereocenters. The Bertz CT molecular complexity index is 799. The molecule has 0 radical (unpaired) electrons. The molecule has 0 aliphatic carbocycles. The quantitative estimate of drug-likeness (QED) is 0.744. The Labute approximate surface area is 135 Å². The number of nitrogens with zero attached hydrogens (tertiary/aromatic N) is 3. The van der Waals surface area contributed by atoms with E-state index in [1.807, 2.05) is 37.4 Å². The van der Waals surface area contributed by atoms with E-state index in [4.69, 9.17) is 17.3 Å². The summed E-state index contributed by atoms with van der Waals surface area (Å²) in [5.41, 5.74) is 9.62. The van der Waals surface area contributed by atoms with Crippen LogP contribution in [0.15, 0.2) is 47.2 Å². The second-order valence-electron chi connectivity index (χ2n) is 4.59. The molecule has 0 saturated heterocycles. The van der Waals surface area contributed by atoms with Gasteiger partial charge in [-0.15, -0.1) is 0 Å². The van der Waals surface area contributed by atoms with Crippen LogP contribution in [0.3, 0.4) is 0 Å². The molecule has 106 valence electrons. The van der Waals surface area contributed by atoms with Crippen LogP contribution in [-0.2, 0) is 7.05 Å². The van der Waals surface area contributed by atoms with Crippen molar-refractivity contribution < 1.29 is 0 Å². The first kappa shape index (κ1) is 14.1. The molecule has 1 aromatic carbocycles. The van der Waals surface area contributed by atoms with Crippen molar-refractivity contribution in [1.29, 1.82) is 0 Å². The van der Waals surface area contributed by atoms with E-state index in [9.17, 15) is 0 Å². The van der Waals surface area contributed by atoms with Gasteiger partial charge in [-0.25, -0.2) is 0 Å². The van der Waals surface area contributed by atoms with Crippen molar-refractivity contribution in [2.45, 2.75) is 0 Å². The predicted octanol–water partition coefficient (Wildman–Crippen LogP) is 4.15. The molecule has 0 amide bonds. The number of rotatable bonds is 2. The smallest absolute Gasteiger partial charge is 0.129 e. The lowest BCUT2D eigenvalue weighted by molar-refractivity contribution is 0.782. The molecular formula is C15H12BrClN4. The van der Waals surface area contributed by atoms with E-state index in [0.29, 0.717) is 10.8 Å². The van der Waals surface area contributed by atoms with E-state index in [0.717, 1.165) is 26.9 Å². The molecule has 21 heavy (non-hydrogen) atoms. The lowest BCUT2D eigenvalue weighted by Gasteiger charge is -2.06. The van der Waals surface area contributed by atoms with Crippen molar-refractivity contribution in [3.63, 3.8) is 0 Å². The van der Waals surface area contributed by atoms with Crippen molar-refractivity contribution in [1.82, 2.24) is 14.8 Å². The highest BCUT2D eigenvalue weighted by Crippen LogP contribution is 2.39. The van der Waals surface area contributed by atoms with Crippen LogP contribution >= 0.6 is 27.5 Å². The van der Waals surface area contributed by atoms with Crippen molar-refractivity contribution in [2.24, 2.45) is 7.05 Å². The average molecular weight is 364 g/mol. The van der Waals surface area contributed by atoms with Gasteiger partial charge in [0.15, 0.2) is 0 Å². The predicted molar refractivity (Wildman–Crippen MR) is 89.0 cm³/mol. The van der Waals surface area contributed by atoms with Gasteiger partial charge in [-0.2, -0.15) is 5.10 Å². The minimum atomic E-state index is 0.593. The highest BCUT2D eigenvalue weighted by molar-refractivity contribution is 9.10. The summed E-state index contributed by atoms with van der Waals surface area (Å²) in [5, 5.41) is 5.14. The summed E-state index contributed by atoms with van der Waals surface area (Å²) in [6.45, 7) is 0. The Morgan fingerprint density at radius 3 is 2.57 bits per heavy atom. The number of aromatic nitrogens is 3. The van der Waals surface area contributed by atoms with Gasteiger partial charge in [-0.05, 0) is 29.8 Å².